The molecule has 0 radical (unpaired) electrons. The van der Waals surface area contributed by atoms with Crippen LogP contribution < -0.4 is 10.1 Å². The average molecular weight is 406 g/mol. The maximum Gasteiger partial charge on any atom is 0.272 e. The molecule has 1 aliphatic heterocycles. The fourth-order valence-electron chi connectivity index (χ4n) is 2.91. The number of carbonyl (C=O) groups is 1. The lowest BCUT2D eigenvalue weighted by molar-refractivity contribution is 0.102. The van der Waals surface area contributed by atoms with Crippen LogP contribution in [0.15, 0.2) is 84.9 Å². The van der Waals surface area contributed by atoms with Crippen LogP contribution in [0, 0.1) is 0 Å². The van der Waals surface area contributed by atoms with E-state index >= 15 is 0 Å². The van der Waals surface area contributed by atoms with Gasteiger partial charge in [0.1, 0.15) is 17.2 Å². The van der Waals surface area contributed by atoms with Crippen molar-refractivity contribution in [2.75, 3.05) is 18.9 Å². The van der Waals surface area contributed by atoms with E-state index in [9.17, 15) is 4.79 Å². The number of aromatic amines is 1. The third-order valence-electron chi connectivity index (χ3n) is 4.53. The van der Waals surface area contributed by atoms with Gasteiger partial charge in [0.25, 0.3) is 5.91 Å². The number of ether oxygens (including phenoxy) is 1. The number of carbonyl (C=O) groups excluding carboxylic acids is 1. The van der Waals surface area contributed by atoms with E-state index < -0.39 is 0 Å². The van der Waals surface area contributed by atoms with Gasteiger partial charge in [-0.3, -0.25) is 4.79 Å². The molecule has 0 atom stereocenters. The number of H-pyrrole nitrogens is 1. The molecule has 2 aromatic carbocycles. The number of rotatable bonds is 5. The lowest BCUT2D eigenvalue weighted by Crippen LogP contribution is -2.15. The highest BCUT2D eigenvalue weighted by atomic mass is 35.5. The quantitative estimate of drug-likeness (QED) is 0.604. The molecule has 6 heteroatoms. The lowest BCUT2D eigenvalue weighted by atomic mass is 10.1. The van der Waals surface area contributed by atoms with Gasteiger partial charge in [-0.1, -0.05) is 23.7 Å². The predicted molar refractivity (Wildman–Crippen MR) is 116 cm³/mol. The standard InChI is InChI=1S/C23H20ClN3O2/c1-27-12-10-21(11-13-27)29-20-8-6-19(7-9-20)26-23(28)22-14-17(15-25-22)16-2-4-18(24)5-3-16/h2-12,14-15,25H,13H2,1H3,(H,26,28). The van der Waals surface area contributed by atoms with Gasteiger partial charge in [0.05, 0.1) is 0 Å². The van der Waals surface area contributed by atoms with Crippen molar-refractivity contribution in [3.63, 3.8) is 0 Å². The number of nitrogens with one attached hydrogen (secondary N) is 2. The molecule has 1 amide bonds. The molecule has 0 fully saturated rings. The molecule has 5 nitrogen and oxygen atoms in total. The summed E-state index contributed by atoms with van der Waals surface area (Å²) in [6, 6.07) is 16.6. The number of nitrogens with zero attached hydrogens (tertiary/aromatic N) is 1. The number of likely N-dealkylation sites (N-methyl/N-ethyl adjacent to an activating group) is 1. The molecule has 0 aliphatic carbocycles. The van der Waals surface area contributed by atoms with Gasteiger partial charge in [-0.15, -0.1) is 0 Å². The summed E-state index contributed by atoms with van der Waals surface area (Å²) in [5.41, 5.74) is 3.09. The Hall–Kier alpha value is -3.44. The Morgan fingerprint density at radius 1 is 1.10 bits per heavy atom. The maximum atomic E-state index is 12.5. The van der Waals surface area contributed by atoms with Crippen molar-refractivity contribution in [2.24, 2.45) is 0 Å². The Labute approximate surface area is 174 Å². The van der Waals surface area contributed by atoms with Gasteiger partial charge in [-0.25, -0.2) is 0 Å². The average Bonchev–Trinajstić information content (AvgIpc) is 3.22. The van der Waals surface area contributed by atoms with Gasteiger partial charge in [0.2, 0.25) is 0 Å². The molecule has 3 aromatic rings. The van der Waals surface area contributed by atoms with Gasteiger partial charge in [0, 0.05) is 36.7 Å². The summed E-state index contributed by atoms with van der Waals surface area (Å²) in [5.74, 6) is 1.31. The van der Waals surface area contributed by atoms with Crippen molar-refractivity contribution in [3.05, 3.63) is 95.6 Å². The van der Waals surface area contributed by atoms with E-state index in [2.05, 4.69) is 15.2 Å². The van der Waals surface area contributed by atoms with Gasteiger partial charge in [-0.05, 0) is 65.7 Å². The summed E-state index contributed by atoms with van der Waals surface area (Å²) < 4.78 is 5.83. The minimum absolute atomic E-state index is 0.208. The van der Waals surface area contributed by atoms with Crippen molar-refractivity contribution in [3.8, 4) is 16.9 Å². The summed E-state index contributed by atoms with van der Waals surface area (Å²) in [6.45, 7) is 0.814. The largest absolute Gasteiger partial charge is 0.458 e. The van der Waals surface area contributed by atoms with E-state index in [4.69, 9.17) is 16.3 Å². The molecule has 2 N–H and O–H groups in total. The zero-order chi connectivity index (χ0) is 20.2. The topological polar surface area (TPSA) is 57.4 Å². The molecule has 0 saturated carbocycles. The normalized spacial score (nSPS) is 13.2. The second-order valence-corrected chi connectivity index (χ2v) is 7.19. The van der Waals surface area contributed by atoms with E-state index in [0.29, 0.717) is 22.2 Å². The first kappa shape index (κ1) is 18.9. The highest BCUT2D eigenvalue weighted by molar-refractivity contribution is 6.30. The molecule has 1 aliphatic rings. The highest BCUT2D eigenvalue weighted by Crippen LogP contribution is 2.23. The van der Waals surface area contributed by atoms with Crippen molar-refractivity contribution in [2.45, 2.75) is 0 Å². The minimum Gasteiger partial charge on any atom is -0.458 e. The first-order valence-electron chi connectivity index (χ1n) is 9.19. The number of amides is 1. The minimum atomic E-state index is -0.208. The maximum absolute atomic E-state index is 12.5. The number of benzene rings is 2. The number of allylic oxidation sites excluding steroid dienone is 1. The molecule has 0 saturated heterocycles. The molecule has 146 valence electrons. The van der Waals surface area contributed by atoms with E-state index in [1.165, 1.54) is 0 Å². The molecule has 2 heterocycles. The van der Waals surface area contributed by atoms with Crippen molar-refractivity contribution in [1.82, 2.24) is 9.88 Å². The SMILES string of the molecule is CN1C=CC(Oc2ccc(NC(=O)c3cc(-c4ccc(Cl)cc4)c[nH]3)cc2)=CC1. The molecule has 0 unspecified atom stereocenters. The molecule has 29 heavy (non-hydrogen) atoms. The van der Waals surface area contributed by atoms with Crippen molar-refractivity contribution < 1.29 is 9.53 Å². The third kappa shape index (κ3) is 4.70. The summed E-state index contributed by atoms with van der Waals surface area (Å²) in [6.07, 6.45) is 7.71. The van der Waals surface area contributed by atoms with Crippen molar-refractivity contribution >= 4 is 23.2 Å². The van der Waals surface area contributed by atoms with Crippen LogP contribution >= 0.6 is 11.6 Å². The molecule has 0 spiro atoms. The van der Waals surface area contributed by atoms with Gasteiger partial charge in [0.15, 0.2) is 0 Å². The van der Waals surface area contributed by atoms with Crippen LogP contribution in [-0.4, -0.2) is 29.4 Å². The summed E-state index contributed by atoms with van der Waals surface area (Å²) in [7, 11) is 2.00. The Morgan fingerprint density at radius 3 is 2.55 bits per heavy atom. The molecular formula is C23H20ClN3O2. The molecule has 1 aromatic heterocycles. The van der Waals surface area contributed by atoms with Gasteiger partial charge >= 0.3 is 0 Å². The third-order valence-corrected chi connectivity index (χ3v) is 4.78. The van der Waals surface area contributed by atoms with Crippen LogP contribution in [-0.2, 0) is 0 Å². The van der Waals surface area contributed by atoms with Crippen molar-refractivity contribution in [1.29, 1.82) is 0 Å². The Kier molecular flexibility index (Phi) is 5.40. The zero-order valence-electron chi connectivity index (χ0n) is 15.9. The van der Waals surface area contributed by atoms with E-state index in [1.54, 1.807) is 6.20 Å². The fraction of sp³-hybridized carbons (Fsp3) is 0.0870. The first-order valence-corrected chi connectivity index (χ1v) is 9.57. The highest BCUT2D eigenvalue weighted by Gasteiger charge is 2.10. The van der Waals surface area contributed by atoms with Gasteiger partial charge < -0.3 is 19.9 Å². The zero-order valence-corrected chi connectivity index (χ0v) is 16.6. The summed E-state index contributed by atoms with van der Waals surface area (Å²) in [4.78, 5) is 17.6. The monoisotopic (exact) mass is 405 g/mol. The number of halogens is 1. The van der Waals surface area contributed by atoms with Crippen LogP contribution in [0.4, 0.5) is 5.69 Å². The Balaban J connectivity index is 1.38. The first-order chi connectivity index (χ1) is 14.1. The fourth-order valence-corrected chi connectivity index (χ4v) is 3.04. The van der Waals surface area contributed by atoms with Crippen LogP contribution in [0.1, 0.15) is 10.5 Å². The molecule has 4 rings (SSSR count). The Bertz CT molecular complexity index is 1070. The molecule has 0 bridgehead atoms. The van der Waals surface area contributed by atoms with Crippen LogP contribution in [0.25, 0.3) is 11.1 Å². The smallest absolute Gasteiger partial charge is 0.272 e. The summed E-state index contributed by atoms with van der Waals surface area (Å²) >= 11 is 5.93. The molecular weight excluding hydrogens is 386 g/mol. The number of aromatic nitrogens is 1. The van der Waals surface area contributed by atoms with Crippen LogP contribution in [0.5, 0.6) is 5.75 Å². The van der Waals surface area contributed by atoms with E-state index in [0.717, 1.165) is 23.4 Å². The van der Waals surface area contributed by atoms with Gasteiger partial charge in [-0.2, -0.15) is 0 Å². The second kappa shape index (κ2) is 8.29. The predicted octanol–water partition coefficient (Wildman–Crippen LogP) is 5.31. The number of anilines is 1. The number of hydrogen-bond donors (Lipinski definition) is 2. The summed E-state index contributed by atoms with van der Waals surface area (Å²) in [5, 5.41) is 3.57. The Morgan fingerprint density at radius 2 is 1.86 bits per heavy atom. The van der Waals surface area contributed by atoms with Crippen LogP contribution in [0.3, 0.4) is 0 Å². The van der Waals surface area contributed by atoms with E-state index in [-0.39, 0.29) is 5.91 Å². The second-order valence-electron chi connectivity index (χ2n) is 6.75. The van der Waals surface area contributed by atoms with Crippen LogP contribution in [0.2, 0.25) is 5.02 Å². The number of hydrogen-bond acceptors (Lipinski definition) is 3. The van der Waals surface area contributed by atoms with E-state index in [1.807, 2.05) is 80.0 Å². The lowest BCUT2D eigenvalue weighted by Gasteiger charge is -2.17.